The van der Waals surface area contributed by atoms with Crippen LogP contribution in [0.4, 0.5) is 0 Å². The maximum absolute atomic E-state index is 9.03. The van der Waals surface area contributed by atoms with Crippen LogP contribution in [0.2, 0.25) is 0 Å². The van der Waals surface area contributed by atoms with Gasteiger partial charge >= 0.3 is 0 Å². The standard InChI is InChI=1S/C20H24N4/c21-15-19(16-22)17-7-9-18(10-8-17)20(23-11-3-1-4-12-23)24-13-5-2-6-14-24/h7-10H,1-6,11-14H2. The van der Waals surface area contributed by atoms with Gasteiger partial charge in [0.2, 0.25) is 0 Å². The molecule has 2 heterocycles. The van der Waals surface area contributed by atoms with Crippen molar-refractivity contribution in [1.29, 1.82) is 10.5 Å². The van der Waals surface area contributed by atoms with Crippen molar-refractivity contribution >= 4 is 11.4 Å². The van der Waals surface area contributed by atoms with Gasteiger partial charge in [0.25, 0.3) is 0 Å². The molecule has 0 unspecified atom stereocenters. The molecule has 1 aromatic carbocycles. The summed E-state index contributed by atoms with van der Waals surface area (Å²) in [6, 6.07) is 11.9. The summed E-state index contributed by atoms with van der Waals surface area (Å²) in [5.41, 5.74) is 0.180. The zero-order chi connectivity index (χ0) is 16.8. The second-order valence-electron chi connectivity index (χ2n) is 6.59. The first-order valence-electron chi connectivity index (χ1n) is 8.98. The fourth-order valence-corrected chi connectivity index (χ4v) is 3.72. The number of likely N-dealkylation sites (tertiary alicyclic amines) is 2. The molecule has 0 saturated carbocycles. The van der Waals surface area contributed by atoms with Gasteiger partial charge < -0.3 is 9.80 Å². The van der Waals surface area contributed by atoms with Crippen molar-refractivity contribution in [3.05, 3.63) is 34.7 Å². The monoisotopic (exact) mass is 320 g/mol. The zero-order valence-corrected chi connectivity index (χ0v) is 14.2. The van der Waals surface area contributed by atoms with Crippen LogP contribution in [0.3, 0.4) is 0 Å². The summed E-state index contributed by atoms with van der Waals surface area (Å²) in [5.74, 6) is 1.34. The van der Waals surface area contributed by atoms with Gasteiger partial charge in [0.15, 0.2) is 0 Å². The predicted octanol–water partition coefficient (Wildman–Crippen LogP) is 1.92. The first-order valence-corrected chi connectivity index (χ1v) is 8.98. The quantitative estimate of drug-likeness (QED) is 0.835. The van der Waals surface area contributed by atoms with E-state index in [2.05, 4.69) is 21.9 Å². The number of piperidine rings is 2. The Balaban J connectivity index is 2.06. The first kappa shape index (κ1) is 16.4. The Morgan fingerprint density at radius 1 is 0.667 bits per heavy atom. The Bertz CT molecular complexity index is 710. The topological polar surface area (TPSA) is 54.1 Å². The Morgan fingerprint density at radius 3 is 1.50 bits per heavy atom. The molecule has 0 N–H and O–H groups in total. The van der Waals surface area contributed by atoms with E-state index in [1.54, 1.807) is 0 Å². The molecule has 1 aromatic rings. The largest absolute Gasteiger partial charge is 0.358 e. The molecule has 4 nitrogen and oxygen atoms in total. The molecule has 0 aliphatic carbocycles. The predicted molar refractivity (Wildman–Crippen MR) is 94.6 cm³/mol. The van der Waals surface area contributed by atoms with Crippen molar-refractivity contribution in [2.75, 3.05) is 26.2 Å². The molecule has 2 saturated heterocycles. The normalized spacial score (nSPS) is 17.8. The molecule has 0 radical (unpaired) electrons. The highest BCUT2D eigenvalue weighted by molar-refractivity contribution is 5.72. The minimum absolute atomic E-state index is 0.180. The molecule has 2 fully saturated rings. The number of benzene rings is 1. The molecule has 24 heavy (non-hydrogen) atoms. The second kappa shape index (κ2) is 7.88. The summed E-state index contributed by atoms with van der Waals surface area (Å²) in [4.78, 5) is 5.06. The van der Waals surface area contributed by atoms with Crippen LogP contribution >= 0.6 is 0 Å². The molecule has 0 aromatic heterocycles. The molecule has 4 heteroatoms. The van der Waals surface area contributed by atoms with Gasteiger partial charge in [-0.15, -0.1) is 0 Å². The van der Waals surface area contributed by atoms with Crippen molar-refractivity contribution in [2.24, 2.45) is 0 Å². The molecule has 3 rings (SSSR count). The van der Waals surface area contributed by atoms with Crippen LogP contribution < -0.4 is 10.4 Å². The third-order valence-electron chi connectivity index (χ3n) is 4.97. The maximum atomic E-state index is 9.03. The van der Waals surface area contributed by atoms with Gasteiger partial charge in [0.1, 0.15) is 23.5 Å². The van der Waals surface area contributed by atoms with E-state index < -0.39 is 0 Å². The van der Waals surface area contributed by atoms with E-state index in [1.165, 1.54) is 49.6 Å². The van der Waals surface area contributed by atoms with Gasteiger partial charge in [0, 0.05) is 36.6 Å². The Kier molecular flexibility index (Phi) is 5.39. The van der Waals surface area contributed by atoms with Crippen LogP contribution in [0.25, 0.3) is 11.4 Å². The zero-order valence-electron chi connectivity index (χ0n) is 14.2. The van der Waals surface area contributed by atoms with Gasteiger partial charge in [-0.25, -0.2) is 0 Å². The van der Waals surface area contributed by atoms with Gasteiger partial charge in [-0.2, -0.15) is 10.5 Å². The molecular weight excluding hydrogens is 296 g/mol. The fraction of sp³-hybridized carbons (Fsp3) is 0.500. The summed E-state index contributed by atoms with van der Waals surface area (Å²) in [5, 5.41) is 20.0. The first-order chi connectivity index (χ1) is 11.8. The van der Waals surface area contributed by atoms with E-state index in [9.17, 15) is 0 Å². The van der Waals surface area contributed by atoms with Crippen molar-refractivity contribution in [3.8, 4) is 12.1 Å². The molecule has 124 valence electrons. The highest BCUT2D eigenvalue weighted by atomic mass is 15.3. The number of nitrogens with zero attached hydrogens (tertiary/aromatic N) is 4. The van der Waals surface area contributed by atoms with Crippen LogP contribution in [0.15, 0.2) is 24.3 Å². The molecule has 0 amide bonds. The lowest BCUT2D eigenvalue weighted by Crippen LogP contribution is -2.43. The molecule has 2 aliphatic heterocycles. The van der Waals surface area contributed by atoms with E-state index in [4.69, 9.17) is 10.5 Å². The number of rotatable bonds is 2. The van der Waals surface area contributed by atoms with Crippen LogP contribution in [0, 0.1) is 22.7 Å². The van der Waals surface area contributed by atoms with Gasteiger partial charge in [-0.05, 0) is 38.5 Å². The third-order valence-corrected chi connectivity index (χ3v) is 4.97. The Hall–Kier alpha value is -2.46. The minimum atomic E-state index is 0.180. The van der Waals surface area contributed by atoms with E-state index in [1.807, 2.05) is 24.3 Å². The second-order valence-corrected chi connectivity index (χ2v) is 6.59. The van der Waals surface area contributed by atoms with E-state index >= 15 is 0 Å². The van der Waals surface area contributed by atoms with Gasteiger partial charge in [0.05, 0.1) is 0 Å². The van der Waals surface area contributed by atoms with Crippen molar-refractivity contribution in [2.45, 2.75) is 38.5 Å². The average molecular weight is 320 g/mol. The average Bonchev–Trinajstić information content (AvgIpc) is 2.66. The van der Waals surface area contributed by atoms with Gasteiger partial charge in [-0.1, -0.05) is 24.3 Å². The van der Waals surface area contributed by atoms with Crippen LogP contribution in [0.5, 0.6) is 0 Å². The summed E-state index contributed by atoms with van der Waals surface area (Å²) in [6.07, 6.45) is 7.69. The highest BCUT2D eigenvalue weighted by Crippen LogP contribution is 2.21. The summed E-state index contributed by atoms with van der Waals surface area (Å²) in [6.45, 7) is 4.51. The lowest BCUT2D eigenvalue weighted by molar-refractivity contribution is 0.224. The third kappa shape index (κ3) is 3.54. The van der Waals surface area contributed by atoms with Crippen molar-refractivity contribution in [3.63, 3.8) is 0 Å². The number of hydrogen-bond donors (Lipinski definition) is 0. The van der Waals surface area contributed by atoms with Crippen molar-refractivity contribution in [1.82, 2.24) is 9.80 Å². The van der Waals surface area contributed by atoms with Gasteiger partial charge in [-0.3, -0.25) is 0 Å². The smallest absolute Gasteiger partial charge is 0.136 e. The molecular formula is C20H24N4. The van der Waals surface area contributed by atoms with Crippen LogP contribution in [0.1, 0.15) is 38.5 Å². The van der Waals surface area contributed by atoms with E-state index in [0.29, 0.717) is 5.22 Å². The Morgan fingerprint density at radius 2 is 1.08 bits per heavy atom. The number of nitriles is 2. The lowest BCUT2D eigenvalue weighted by Gasteiger charge is -2.40. The highest BCUT2D eigenvalue weighted by Gasteiger charge is 2.21. The van der Waals surface area contributed by atoms with Crippen LogP contribution in [-0.4, -0.2) is 36.0 Å². The molecule has 0 bridgehead atoms. The van der Waals surface area contributed by atoms with Crippen molar-refractivity contribution < 1.29 is 0 Å². The lowest BCUT2D eigenvalue weighted by atomic mass is 10.1. The van der Waals surface area contributed by atoms with E-state index in [-0.39, 0.29) is 5.57 Å². The van der Waals surface area contributed by atoms with E-state index in [0.717, 1.165) is 26.2 Å². The minimum Gasteiger partial charge on any atom is -0.358 e. The molecule has 2 aliphatic rings. The summed E-state index contributed by atoms with van der Waals surface area (Å²) < 4.78 is 0. The summed E-state index contributed by atoms with van der Waals surface area (Å²) in [7, 11) is 0. The van der Waals surface area contributed by atoms with Crippen LogP contribution in [-0.2, 0) is 0 Å². The fourth-order valence-electron chi connectivity index (χ4n) is 3.72. The SMILES string of the molecule is N#CC(C#N)=c1ccc(=C(N2CCCCC2)N2CCCCC2)cc1. The molecule has 0 atom stereocenters. The maximum Gasteiger partial charge on any atom is 0.136 e. The summed E-state index contributed by atoms with van der Waals surface area (Å²) >= 11 is 0. The number of hydrogen-bond acceptors (Lipinski definition) is 4. The Labute approximate surface area is 143 Å². The molecule has 0 spiro atoms.